The van der Waals surface area contributed by atoms with E-state index < -0.39 is 0 Å². The zero-order valence-electron chi connectivity index (χ0n) is 18.5. The second-order valence-corrected chi connectivity index (χ2v) is 9.18. The summed E-state index contributed by atoms with van der Waals surface area (Å²) in [5, 5.41) is 7.92. The number of anilines is 1. The molecule has 1 fully saturated rings. The minimum atomic E-state index is -0.218. The Morgan fingerprint density at radius 3 is 2.61 bits per heavy atom. The second kappa shape index (κ2) is 11.7. The summed E-state index contributed by atoms with van der Waals surface area (Å²) in [6.07, 6.45) is 2.25. The average Bonchev–Trinajstić information content (AvgIpc) is 3.53. The molecule has 4 rings (SSSR count). The summed E-state index contributed by atoms with van der Waals surface area (Å²) >= 11 is 1.68. The van der Waals surface area contributed by atoms with Gasteiger partial charge in [-0.15, -0.1) is 11.3 Å². The first-order valence-corrected chi connectivity index (χ1v) is 12.1. The summed E-state index contributed by atoms with van der Waals surface area (Å²) < 4.78 is 5.79. The van der Waals surface area contributed by atoms with Crippen molar-refractivity contribution in [3.63, 3.8) is 0 Å². The molecule has 1 aliphatic rings. The van der Waals surface area contributed by atoms with Crippen LogP contribution in [0.15, 0.2) is 72.1 Å². The number of ether oxygens (including phenoxy) is 1. The third kappa shape index (κ3) is 6.99. The topological polar surface area (TPSA) is 70.7 Å². The Morgan fingerprint density at radius 2 is 1.85 bits per heavy atom. The standard InChI is InChI=1S/C26H29N3O3S/c30-25(19-29(17-21-10-6-14-32-21)18-22-11-7-15-33-22)28-24-13-5-4-12-23(24)26(31)27-16-20-8-2-1-3-9-20/h1-5,7-9,11-13,15,21H,6,10,14,16-19H2,(H,27,31)(H,28,30). The maximum Gasteiger partial charge on any atom is 0.253 e. The molecule has 0 aliphatic carbocycles. The molecule has 0 bridgehead atoms. The molecule has 7 heteroatoms. The SMILES string of the molecule is O=C(CN(Cc1cccs1)CC1CCCO1)Nc1ccccc1C(=O)NCc1ccccc1. The maximum absolute atomic E-state index is 13.0. The average molecular weight is 464 g/mol. The lowest BCUT2D eigenvalue weighted by Gasteiger charge is -2.24. The number of nitrogens with one attached hydrogen (secondary N) is 2. The Kier molecular flexibility index (Phi) is 8.24. The highest BCUT2D eigenvalue weighted by molar-refractivity contribution is 7.09. The van der Waals surface area contributed by atoms with E-state index in [-0.39, 0.29) is 24.5 Å². The minimum absolute atomic E-state index is 0.145. The molecule has 1 atom stereocenters. The highest BCUT2D eigenvalue weighted by Crippen LogP contribution is 2.19. The summed E-state index contributed by atoms with van der Waals surface area (Å²) in [4.78, 5) is 29.1. The van der Waals surface area contributed by atoms with E-state index in [0.717, 1.165) is 25.0 Å². The van der Waals surface area contributed by atoms with Gasteiger partial charge in [-0.2, -0.15) is 0 Å². The van der Waals surface area contributed by atoms with Gasteiger partial charge in [0.25, 0.3) is 5.91 Å². The van der Waals surface area contributed by atoms with Crippen LogP contribution in [0.5, 0.6) is 0 Å². The van der Waals surface area contributed by atoms with E-state index >= 15 is 0 Å². The molecule has 2 heterocycles. The van der Waals surface area contributed by atoms with Gasteiger partial charge in [0, 0.05) is 31.1 Å². The fourth-order valence-electron chi connectivity index (χ4n) is 3.94. The van der Waals surface area contributed by atoms with Gasteiger partial charge in [-0.1, -0.05) is 48.5 Å². The lowest BCUT2D eigenvalue weighted by Crippen LogP contribution is -2.38. The van der Waals surface area contributed by atoms with E-state index in [2.05, 4.69) is 21.6 Å². The molecule has 33 heavy (non-hydrogen) atoms. The third-order valence-corrected chi connectivity index (χ3v) is 6.42. The largest absolute Gasteiger partial charge is 0.377 e. The summed E-state index contributed by atoms with van der Waals surface area (Å²) in [7, 11) is 0. The van der Waals surface area contributed by atoms with Crippen molar-refractivity contribution in [2.24, 2.45) is 0 Å². The van der Waals surface area contributed by atoms with Crippen LogP contribution in [0.25, 0.3) is 0 Å². The van der Waals surface area contributed by atoms with Gasteiger partial charge in [0.2, 0.25) is 5.91 Å². The molecule has 1 aromatic heterocycles. The smallest absolute Gasteiger partial charge is 0.253 e. The van der Waals surface area contributed by atoms with E-state index in [9.17, 15) is 9.59 Å². The minimum Gasteiger partial charge on any atom is -0.377 e. The van der Waals surface area contributed by atoms with Gasteiger partial charge < -0.3 is 15.4 Å². The monoisotopic (exact) mass is 463 g/mol. The normalized spacial score (nSPS) is 15.5. The van der Waals surface area contributed by atoms with E-state index in [0.29, 0.717) is 30.9 Å². The van der Waals surface area contributed by atoms with Crippen molar-refractivity contribution in [1.82, 2.24) is 10.2 Å². The van der Waals surface area contributed by atoms with Gasteiger partial charge in [0.15, 0.2) is 0 Å². The molecule has 172 valence electrons. The lowest BCUT2D eigenvalue weighted by molar-refractivity contribution is -0.117. The van der Waals surface area contributed by atoms with E-state index in [1.54, 1.807) is 29.5 Å². The van der Waals surface area contributed by atoms with Crippen LogP contribution in [0, 0.1) is 0 Å². The van der Waals surface area contributed by atoms with Gasteiger partial charge in [0.05, 0.1) is 23.9 Å². The van der Waals surface area contributed by atoms with Gasteiger partial charge >= 0.3 is 0 Å². The number of rotatable bonds is 10. The number of para-hydroxylation sites is 1. The third-order valence-electron chi connectivity index (χ3n) is 5.55. The number of benzene rings is 2. The molecule has 2 amide bonds. The highest BCUT2D eigenvalue weighted by atomic mass is 32.1. The Morgan fingerprint density at radius 1 is 1.03 bits per heavy atom. The lowest BCUT2D eigenvalue weighted by atomic mass is 10.1. The summed E-state index contributed by atoms with van der Waals surface area (Å²) in [5.74, 6) is -0.364. The summed E-state index contributed by atoms with van der Waals surface area (Å²) in [5.41, 5.74) is 1.98. The van der Waals surface area contributed by atoms with Crippen LogP contribution in [0.1, 0.15) is 33.6 Å². The molecule has 2 aromatic carbocycles. The second-order valence-electron chi connectivity index (χ2n) is 8.15. The zero-order chi connectivity index (χ0) is 22.9. The van der Waals surface area contributed by atoms with Gasteiger partial charge in [-0.3, -0.25) is 14.5 Å². The van der Waals surface area contributed by atoms with Crippen molar-refractivity contribution in [2.45, 2.75) is 32.0 Å². The molecule has 1 unspecified atom stereocenters. The van der Waals surface area contributed by atoms with Crippen LogP contribution < -0.4 is 10.6 Å². The number of thiophene rings is 1. The van der Waals surface area contributed by atoms with Gasteiger partial charge in [-0.05, 0) is 42.0 Å². The van der Waals surface area contributed by atoms with Crippen LogP contribution in [0.3, 0.4) is 0 Å². The summed E-state index contributed by atoms with van der Waals surface area (Å²) in [6, 6.07) is 21.0. The van der Waals surface area contributed by atoms with E-state index in [1.165, 1.54) is 4.88 Å². The Balaban J connectivity index is 1.38. The molecule has 1 saturated heterocycles. The molecule has 0 spiro atoms. The Labute approximate surface area is 198 Å². The van der Waals surface area contributed by atoms with E-state index in [1.807, 2.05) is 47.8 Å². The van der Waals surface area contributed by atoms with E-state index in [4.69, 9.17) is 4.74 Å². The molecule has 6 nitrogen and oxygen atoms in total. The Bertz CT molecular complexity index is 1030. The number of amides is 2. The fourth-order valence-corrected chi connectivity index (χ4v) is 4.69. The predicted molar refractivity (Wildman–Crippen MR) is 131 cm³/mol. The molecule has 0 saturated carbocycles. The van der Waals surface area contributed by atoms with Gasteiger partial charge in [0.1, 0.15) is 0 Å². The van der Waals surface area contributed by atoms with Crippen molar-refractivity contribution in [3.8, 4) is 0 Å². The number of carbonyl (C=O) groups excluding carboxylic acids is 2. The van der Waals surface area contributed by atoms with Crippen molar-refractivity contribution in [3.05, 3.63) is 88.1 Å². The van der Waals surface area contributed by atoms with Crippen LogP contribution in [-0.2, 0) is 22.6 Å². The number of nitrogens with zero attached hydrogens (tertiary/aromatic N) is 1. The van der Waals surface area contributed by atoms with Crippen molar-refractivity contribution >= 4 is 28.8 Å². The molecular weight excluding hydrogens is 434 g/mol. The summed E-state index contributed by atoms with van der Waals surface area (Å²) in [6.45, 7) is 2.86. The molecular formula is C26H29N3O3S. The first-order valence-electron chi connectivity index (χ1n) is 11.2. The fraction of sp³-hybridized carbons (Fsp3) is 0.308. The molecule has 1 aliphatic heterocycles. The number of hydrogen-bond acceptors (Lipinski definition) is 5. The van der Waals surface area contributed by atoms with Crippen LogP contribution in [-0.4, -0.2) is 42.5 Å². The zero-order valence-corrected chi connectivity index (χ0v) is 19.4. The quantitative estimate of drug-likeness (QED) is 0.470. The first-order chi connectivity index (χ1) is 16.2. The van der Waals surface area contributed by atoms with Gasteiger partial charge in [-0.25, -0.2) is 0 Å². The number of carbonyl (C=O) groups is 2. The number of hydrogen-bond donors (Lipinski definition) is 2. The van der Waals surface area contributed by atoms with Crippen molar-refractivity contribution in [2.75, 3.05) is 25.0 Å². The van der Waals surface area contributed by atoms with Crippen LogP contribution >= 0.6 is 11.3 Å². The Hall–Kier alpha value is -3.00. The predicted octanol–water partition coefficient (Wildman–Crippen LogP) is 4.30. The van der Waals surface area contributed by atoms with Crippen molar-refractivity contribution in [1.29, 1.82) is 0 Å². The highest BCUT2D eigenvalue weighted by Gasteiger charge is 2.22. The molecule has 3 aromatic rings. The molecule has 2 N–H and O–H groups in total. The first kappa shape index (κ1) is 23.2. The maximum atomic E-state index is 13.0. The van der Waals surface area contributed by atoms with Crippen LogP contribution in [0.2, 0.25) is 0 Å². The van der Waals surface area contributed by atoms with Crippen molar-refractivity contribution < 1.29 is 14.3 Å². The molecule has 0 radical (unpaired) electrons. The van der Waals surface area contributed by atoms with Crippen LogP contribution in [0.4, 0.5) is 5.69 Å².